The lowest BCUT2D eigenvalue weighted by molar-refractivity contribution is -0.129. The van der Waals surface area contributed by atoms with Gasteiger partial charge >= 0.3 is 0 Å². The van der Waals surface area contributed by atoms with Crippen LogP contribution in [0.2, 0.25) is 10.0 Å². The number of amides is 1. The predicted molar refractivity (Wildman–Crippen MR) is 182 cm³/mol. The quantitative estimate of drug-likeness (QED) is 0.118. The average molecular weight is 698 g/mol. The summed E-state index contributed by atoms with van der Waals surface area (Å²) in [6.07, 6.45) is 5.94. The number of carbonyl (C=O) groups excluding carboxylic acids is 1. The van der Waals surface area contributed by atoms with Crippen LogP contribution >= 0.6 is 34.5 Å². The Labute approximate surface area is 288 Å². The van der Waals surface area contributed by atoms with Crippen LogP contribution in [0.1, 0.15) is 73.1 Å². The van der Waals surface area contributed by atoms with Crippen LogP contribution in [0.15, 0.2) is 42.1 Å². The van der Waals surface area contributed by atoms with Gasteiger partial charge in [-0.05, 0) is 85.9 Å². The Morgan fingerprint density at radius 1 is 1.17 bits per heavy atom. The number of methoxy groups -OCH3 is 1. The monoisotopic (exact) mass is 696 g/mol. The topological polar surface area (TPSA) is 118 Å². The fraction of sp³-hybridized carbons (Fsp3) is 0.457. The Morgan fingerprint density at radius 2 is 1.91 bits per heavy atom. The number of aliphatic hydroxyl groups is 1. The lowest BCUT2D eigenvalue weighted by Crippen LogP contribution is -2.40. The minimum absolute atomic E-state index is 0.0295. The van der Waals surface area contributed by atoms with Crippen molar-refractivity contribution in [3.05, 3.63) is 79.2 Å². The normalized spacial score (nSPS) is 19.7. The van der Waals surface area contributed by atoms with Crippen molar-refractivity contribution in [1.82, 2.24) is 9.88 Å². The number of hydrogen-bond donors (Lipinski definition) is 1. The van der Waals surface area contributed by atoms with E-state index in [1.807, 2.05) is 24.0 Å². The summed E-state index contributed by atoms with van der Waals surface area (Å²) in [7, 11) is 1.66. The molecule has 2 saturated carbocycles. The van der Waals surface area contributed by atoms with Gasteiger partial charge < -0.3 is 29.7 Å². The minimum Gasteiger partial charge on any atom is -0.496 e. The zero-order chi connectivity index (χ0) is 33.2. The number of hydrogen-bond acceptors (Lipinski definition) is 7. The van der Waals surface area contributed by atoms with Crippen LogP contribution < -0.4 is 14.2 Å². The number of ether oxygens (including phenoxy) is 3. The van der Waals surface area contributed by atoms with Crippen LogP contribution in [0.25, 0.3) is 11.1 Å². The molecular formula is C35H38Cl2N4O5S. The Bertz CT molecular complexity index is 1720. The maximum absolute atomic E-state index is 14.6. The molecule has 1 heterocycles. The highest BCUT2D eigenvalue weighted by molar-refractivity contribution is 7.14. The highest BCUT2D eigenvalue weighted by atomic mass is 35.5. The van der Waals surface area contributed by atoms with Gasteiger partial charge in [-0.15, -0.1) is 0 Å². The van der Waals surface area contributed by atoms with Crippen LogP contribution in [0.4, 0.5) is 0 Å². The third-order valence-electron chi connectivity index (χ3n) is 9.27. The molecule has 3 aromatic rings. The fourth-order valence-electron chi connectivity index (χ4n) is 6.75. The van der Waals surface area contributed by atoms with Crippen LogP contribution in [0.3, 0.4) is 0 Å². The van der Waals surface area contributed by atoms with E-state index in [1.54, 1.807) is 32.4 Å². The Morgan fingerprint density at radius 3 is 2.60 bits per heavy atom. The second-order valence-electron chi connectivity index (χ2n) is 12.6. The van der Waals surface area contributed by atoms with E-state index in [2.05, 4.69) is 15.8 Å². The number of benzene rings is 2. The van der Waals surface area contributed by atoms with Gasteiger partial charge in [0.15, 0.2) is 5.75 Å². The molecule has 12 heteroatoms. The van der Waals surface area contributed by atoms with Crippen LogP contribution in [0, 0.1) is 18.8 Å². The molecule has 2 fully saturated rings. The van der Waals surface area contributed by atoms with Crippen LogP contribution in [0.5, 0.6) is 16.7 Å². The molecule has 47 heavy (non-hydrogen) atoms. The number of halogens is 2. The molecule has 1 aromatic heterocycles. The summed E-state index contributed by atoms with van der Waals surface area (Å²) in [5, 5.41) is 10.9. The number of fused-ring (bicyclic) bond motifs is 2. The van der Waals surface area contributed by atoms with E-state index >= 15 is 0 Å². The summed E-state index contributed by atoms with van der Waals surface area (Å²) in [6, 6.07) is 9.43. The first-order chi connectivity index (χ1) is 22.7. The van der Waals surface area contributed by atoms with Gasteiger partial charge in [-0.3, -0.25) is 4.79 Å². The molecule has 2 bridgehead atoms. The van der Waals surface area contributed by atoms with E-state index in [9.17, 15) is 15.4 Å². The van der Waals surface area contributed by atoms with Gasteiger partial charge in [0.1, 0.15) is 19.0 Å². The molecule has 2 aromatic carbocycles. The highest BCUT2D eigenvalue weighted by Crippen LogP contribution is 2.48. The van der Waals surface area contributed by atoms with Crippen molar-refractivity contribution in [3.8, 4) is 16.7 Å². The van der Waals surface area contributed by atoms with Crippen molar-refractivity contribution in [3.63, 3.8) is 0 Å². The summed E-state index contributed by atoms with van der Waals surface area (Å²) < 4.78 is 17.3. The van der Waals surface area contributed by atoms with Crippen molar-refractivity contribution in [2.75, 3.05) is 20.3 Å². The van der Waals surface area contributed by atoms with E-state index in [1.165, 1.54) is 11.3 Å². The third kappa shape index (κ3) is 7.37. The smallest absolute Gasteiger partial charge is 0.273 e. The molecule has 3 aliphatic rings. The van der Waals surface area contributed by atoms with Crippen molar-refractivity contribution in [2.45, 2.75) is 71.1 Å². The molecule has 248 valence electrons. The van der Waals surface area contributed by atoms with Crippen LogP contribution in [-0.4, -0.2) is 57.8 Å². The lowest BCUT2D eigenvalue weighted by atomic mass is 9.68. The number of carbonyl (C=O) groups is 1. The number of aliphatic hydroxyl groups excluding tert-OH is 1. The zero-order valence-corrected chi connectivity index (χ0v) is 29.0. The maximum Gasteiger partial charge on any atom is 0.273 e. The molecule has 1 amide bonds. The molecule has 9 nitrogen and oxygen atoms in total. The SMILES string of the molecule is COc1cccc(CN(C(=O)C2=C(c3cnc(OCCOc4c(Cl)cc([C@@H](C)O)cc4Cl)s3)C[C@@H]3CC(=[N+]=[N-])C[C@@H]2C3)C2CC2)c1C. The van der Waals surface area contributed by atoms with E-state index in [0.29, 0.717) is 45.9 Å². The summed E-state index contributed by atoms with van der Waals surface area (Å²) in [6.45, 7) is 4.57. The number of thiazole rings is 1. The second-order valence-corrected chi connectivity index (χ2v) is 14.4. The van der Waals surface area contributed by atoms with Gasteiger partial charge in [0, 0.05) is 36.7 Å². The lowest BCUT2D eigenvalue weighted by Gasteiger charge is -2.37. The van der Waals surface area contributed by atoms with Gasteiger partial charge in [0.2, 0.25) is 0 Å². The molecule has 0 spiro atoms. The second kappa shape index (κ2) is 14.4. The zero-order valence-electron chi connectivity index (χ0n) is 26.7. The number of aromatic nitrogens is 1. The van der Waals surface area contributed by atoms with E-state index in [4.69, 9.17) is 37.4 Å². The van der Waals surface area contributed by atoms with E-state index in [0.717, 1.165) is 64.3 Å². The summed E-state index contributed by atoms with van der Waals surface area (Å²) in [4.78, 5) is 25.7. The number of nitrogens with zero attached hydrogens (tertiary/aromatic N) is 4. The van der Waals surface area contributed by atoms with Crippen molar-refractivity contribution in [1.29, 1.82) is 0 Å². The largest absolute Gasteiger partial charge is 0.496 e. The fourth-order valence-corrected chi connectivity index (χ4v) is 8.22. The molecule has 6 rings (SSSR count). The Balaban J connectivity index is 1.22. The molecular weight excluding hydrogens is 659 g/mol. The van der Waals surface area contributed by atoms with Crippen LogP contribution in [-0.2, 0) is 11.3 Å². The van der Waals surface area contributed by atoms with E-state index in [-0.39, 0.29) is 37.0 Å². The van der Waals surface area contributed by atoms with Crippen molar-refractivity contribution in [2.24, 2.45) is 11.8 Å². The predicted octanol–water partition coefficient (Wildman–Crippen LogP) is 7.71. The first kappa shape index (κ1) is 33.5. The summed E-state index contributed by atoms with van der Waals surface area (Å²) in [5.41, 5.74) is 15.0. The molecule has 0 radical (unpaired) electrons. The number of allylic oxidation sites excluding steroid dienone is 1. The number of rotatable bonds is 12. The first-order valence-corrected chi connectivity index (χ1v) is 17.5. The molecule has 3 aliphatic carbocycles. The van der Waals surface area contributed by atoms with Gasteiger partial charge in [0.05, 0.1) is 34.6 Å². The third-order valence-corrected chi connectivity index (χ3v) is 10.8. The van der Waals surface area contributed by atoms with Crippen molar-refractivity contribution >= 4 is 51.7 Å². The summed E-state index contributed by atoms with van der Waals surface area (Å²) in [5.74, 6) is 1.45. The van der Waals surface area contributed by atoms with Crippen molar-refractivity contribution < 1.29 is 28.9 Å². The summed E-state index contributed by atoms with van der Waals surface area (Å²) >= 11 is 14.1. The van der Waals surface area contributed by atoms with Gasteiger partial charge in [-0.1, -0.05) is 46.7 Å². The van der Waals surface area contributed by atoms with Gasteiger partial charge in [0.25, 0.3) is 16.8 Å². The molecule has 0 saturated heterocycles. The molecule has 3 atom stereocenters. The standard InChI is InChI=1S/C35H38Cl2N4O5S/c1-19-22(5-4-6-30(19)44-3)18-41(26-7-8-26)34(43)32-24-11-21(12-25(14-24)40-38)13-27(32)31-17-39-35(47-31)46-10-9-45-33-28(36)15-23(20(2)42)16-29(33)37/h4-6,15-17,20-21,24,26,42H,7-14,18H2,1-3H3/t20-,21+,24+/m1/s1. The minimum atomic E-state index is -0.699. The maximum atomic E-state index is 14.6. The van der Waals surface area contributed by atoms with Gasteiger partial charge in [-0.25, -0.2) is 4.98 Å². The molecule has 0 aliphatic heterocycles. The molecule has 1 N–H and O–H groups in total. The first-order valence-electron chi connectivity index (χ1n) is 15.9. The van der Waals surface area contributed by atoms with Gasteiger partial charge in [-0.2, -0.15) is 4.79 Å². The average Bonchev–Trinajstić information content (AvgIpc) is 3.79. The molecule has 0 unspecified atom stereocenters. The Hall–Kier alpha value is -3.40. The Kier molecular flexibility index (Phi) is 10.2. The van der Waals surface area contributed by atoms with E-state index < -0.39 is 6.10 Å². The highest BCUT2D eigenvalue weighted by Gasteiger charge is 2.44.